The van der Waals surface area contributed by atoms with Crippen molar-refractivity contribution in [1.82, 2.24) is 34.4 Å². The van der Waals surface area contributed by atoms with Gasteiger partial charge in [0.2, 0.25) is 10.0 Å². The quantitative estimate of drug-likeness (QED) is 0.281. The number of hydrogen-bond acceptors (Lipinski definition) is 9. The van der Waals surface area contributed by atoms with Gasteiger partial charge in [-0.1, -0.05) is 18.2 Å². The second-order valence-corrected chi connectivity index (χ2v) is 9.11. The van der Waals surface area contributed by atoms with Crippen LogP contribution in [0.4, 0.5) is 5.82 Å². The maximum absolute atomic E-state index is 12.4. The van der Waals surface area contributed by atoms with Crippen molar-refractivity contribution in [3.8, 4) is 5.82 Å². The summed E-state index contributed by atoms with van der Waals surface area (Å²) in [5.74, 6) is 1.13. The van der Waals surface area contributed by atoms with Crippen LogP contribution >= 0.6 is 0 Å². The number of anilines is 1. The second-order valence-electron chi connectivity index (χ2n) is 7.34. The van der Waals surface area contributed by atoms with Crippen molar-refractivity contribution in [3.05, 3.63) is 66.7 Å². The molecule has 0 saturated carbocycles. The van der Waals surface area contributed by atoms with Gasteiger partial charge in [0.15, 0.2) is 17.3 Å². The molecule has 170 valence electrons. The number of fused-ring (bicyclic) bond motifs is 1. The molecule has 2 N–H and O–H groups in total. The fourth-order valence-corrected chi connectivity index (χ4v) is 3.99. The van der Waals surface area contributed by atoms with E-state index >= 15 is 0 Å². The van der Waals surface area contributed by atoms with Crippen molar-refractivity contribution < 1.29 is 8.42 Å². The van der Waals surface area contributed by atoms with Gasteiger partial charge in [0, 0.05) is 19.3 Å². The van der Waals surface area contributed by atoms with E-state index in [1.54, 1.807) is 47.6 Å². The summed E-state index contributed by atoms with van der Waals surface area (Å²) in [6.07, 6.45) is 6.33. The van der Waals surface area contributed by atoms with Gasteiger partial charge < -0.3 is 4.90 Å². The first-order valence-electron chi connectivity index (χ1n) is 10.1. The summed E-state index contributed by atoms with van der Waals surface area (Å²) in [5, 5.41) is 9.25. The van der Waals surface area contributed by atoms with Crippen LogP contribution in [-0.2, 0) is 10.0 Å². The monoisotopic (exact) mass is 465 g/mol. The normalized spacial score (nSPS) is 12.1. The minimum absolute atomic E-state index is 0.200. The summed E-state index contributed by atoms with van der Waals surface area (Å²) >= 11 is 0. The summed E-state index contributed by atoms with van der Waals surface area (Å²) in [5.41, 5.74) is 4.21. The van der Waals surface area contributed by atoms with E-state index in [9.17, 15) is 8.42 Å². The highest BCUT2D eigenvalue weighted by Crippen LogP contribution is 2.20. The van der Waals surface area contributed by atoms with Crippen molar-refractivity contribution in [1.29, 1.82) is 0 Å². The van der Waals surface area contributed by atoms with Gasteiger partial charge in [-0.15, -0.1) is 0 Å². The Morgan fingerprint density at radius 1 is 1.09 bits per heavy atom. The standard InChI is InChI=1S/C21H23N9O2S/c1-29(2)12-11-27-33(31,32)17-8-6-16(7-9-17)13-25-28-20-18-14-26-30(21(18)24-15-23-20)19-5-3-4-10-22-19/h3-10,13-15,27H,11-12H2,1-2H3,(H,23,24,28)/b25-13-. The summed E-state index contributed by atoms with van der Waals surface area (Å²) in [4.78, 5) is 14.9. The molecule has 0 atom stereocenters. The Balaban J connectivity index is 1.45. The molecule has 1 aromatic carbocycles. The molecule has 0 spiro atoms. The second kappa shape index (κ2) is 9.81. The van der Waals surface area contributed by atoms with Crippen LogP contribution in [0.25, 0.3) is 16.9 Å². The lowest BCUT2D eigenvalue weighted by atomic mass is 10.2. The molecule has 3 aromatic heterocycles. The van der Waals surface area contributed by atoms with E-state index in [4.69, 9.17) is 0 Å². The molecule has 0 fully saturated rings. The van der Waals surface area contributed by atoms with Crippen molar-refractivity contribution in [2.75, 3.05) is 32.6 Å². The van der Waals surface area contributed by atoms with Gasteiger partial charge in [-0.2, -0.15) is 14.9 Å². The van der Waals surface area contributed by atoms with Crippen molar-refractivity contribution in [2.45, 2.75) is 4.90 Å². The first kappa shape index (κ1) is 22.5. The van der Waals surface area contributed by atoms with Crippen molar-refractivity contribution in [3.63, 3.8) is 0 Å². The number of benzene rings is 1. The fraction of sp³-hybridized carbons (Fsp3) is 0.190. The first-order valence-corrected chi connectivity index (χ1v) is 11.6. The molecule has 0 saturated heterocycles. The Hall–Kier alpha value is -3.74. The van der Waals surface area contributed by atoms with E-state index in [1.165, 1.54) is 6.33 Å². The lowest BCUT2D eigenvalue weighted by Crippen LogP contribution is -2.31. The van der Waals surface area contributed by atoms with Crippen LogP contribution in [0.3, 0.4) is 0 Å². The fourth-order valence-electron chi connectivity index (χ4n) is 2.97. The third-order valence-electron chi connectivity index (χ3n) is 4.66. The molecule has 4 rings (SSSR count). The third kappa shape index (κ3) is 5.37. The third-order valence-corrected chi connectivity index (χ3v) is 6.13. The number of nitrogens with zero attached hydrogens (tertiary/aromatic N) is 7. The summed E-state index contributed by atoms with van der Waals surface area (Å²) in [6, 6.07) is 12.0. The molecule has 0 unspecified atom stereocenters. The SMILES string of the molecule is CN(C)CCNS(=O)(=O)c1ccc(/C=N\Nc2ncnc3c2cnn3-c2ccccn2)cc1. The number of nitrogens with one attached hydrogen (secondary N) is 2. The summed E-state index contributed by atoms with van der Waals surface area (Å²) in [7, 11) is 0.220. The molecule has 3 heterocycles. The van der Waals surface area contributed by atoms with E-state index in [0.717, 1.165) is 5.56 Å². The zero-order valence-corrected chi connectivity index (χ0v) is 18.9. The Labute approximate surface area is 191 Å². The van der Waals surface area contributed by atoms with Crippen molar-refractivity contribution in [2.24, 2.45) is 5.10 Å². The predicted molar refractivity (Wildman–Crippen MR) is 126 cm³/mol. The molecule has 0 amide bonds. The summed E-state index contributed by atoms with van der Waals surface area (Å²) in [6.45, 7) is 0.958. The van der Waals surface area contributed by atoms with Crippen LogP contribution in [0.1, 0.15) is 5.56 Å². The number of aromatic nitrogens is 5. The van der Waals surface area contributed by atoms with E-state index in [2.05, 4.69) is 35.3 Å². The molecule has 11 nitrogen and oxygen atoms in total. The number of rotatable bonds is 9. The Kier molecular flexibility index (Phi) is 6.68. The van der Waals surface area contributed by atoms with E-state index < -0.39 is 10.0 Å². The van der Waals surface area contributed by atoms with Gasteiger partial charge in [-0.25, -0.2) is 28.1 Å². The highest BCUT2D eigenvalue weighted by molar-refractivity contribution is 7.89. The highest BCUT2D eigenvalue weighted by Gasteiger charge is 2.13. The topological polar surface area (TPSA) is 130 Å². The molecule has 0 bridgehead atoms. The molecule has 0 aliphatic rings. The van der Waals surface area contributed by atoms with Gasteiger partial charge in [0.25, 0.3) is 0 Å². The van der Waals surface area contributed by atoms with Crippen molar-refractivity contribution >= 4 is 33.1 Å². The molecule has 4 aromatic rings. The average Bonchev–Trinajstić information content (AvgIpc) is 3.25. The largest absolute Gasteiger partial charge is 0.308 e. The number of sulfonamides is 1. The zero-order valence-electron chi connectivity index (χ0n) is 18.1. The lowest BCUT2D eigenvalue weighted by molar-refractivity contribution is 0.412. The van der Waals surface area contributed by atoms with E-state index in [-0.39, 0.29) is 4.90 Å². The van der Waals surface area contributed by atoms with Crippen LogP contribution < -0.4 is 10.1 Å². The smallest absolute Gasteiger partial charge is 0.240 e. The lowest BCUT2D eigenvalue weighted by Gasteiger charge is -2.11. The Morgan fingerprint density at radius 3 is 2.64 bits per heavy atom. The number of pyridine rings is 1. The molecule has 12 heteroatoms. The Bertz CT molecular complexity index is 1350. The molecular formula is C21H23N9O2S. The van der Waals surface area contributed by atoms with Gasteiger partial charge in [-0.3, -0.25) is 5.43 Å². The van der Waals surface area contributed by atoms with Crippen LogP contribution in [-0.4, -0.2) is 71.4 Å². The number of hydrogen-bond donors (Lipinski definition) is 2. The summed E-state index contributed by atoms with van der Waals surface area (Å²) < 4.78 is 28.9. The van der Waals surface area contributed by atoms with Gasteiger partial charge in [0.1, 0.15) is 6.33 Å². The minimum Gasteiger partial charge on any atom is -0.308 e. The number of hydrazone groups is 1. The van der Waals surface area contributed by atoms with Gasteiger partial charge >= 0.3 is 0 Å². The van der Waals surface area contributed by atoms with Crippen LogP contribution in [0.15, 0.2) is 71.2 Å². The molecule has 0 aliphatic heterocycles. The highest BCUT2D eigenvalue weighted by atomic mass is 32.2. The Morgan fingerprint density at radius 2 is 1.91 bits per heavy atom. The average molecular weight is 466 g/mol. The van der Waals surface area contributed by atoms with Crippen LogP contribution in [0, 0.1) is 0 Å². The van der Waals surface area contributed by atoms with Crippen LogP contribution in [0.2, 0.25) is 0 Å². The first-order chi connectivity index (χ1) is 15.9. The molecule has 0 radical (unpaired) electrons. The maximum Gasteiger partial charge on any atom is 0.240 e. The molecular weight excluding hydrogens is 442 g/mol. The minimum atomic E-state index is -3.55. The zero-order chi connectivity index (χ0) is 23.3. The van der Waals surface area contributed by atoms with E-state index in [1.807, 2.05) is 37.2 Å². The van der Waals surface area contributed by atoms with Gasteiger partial charge in [-0.05, 0) is 43.9 Å². The van der Waals surface area contributed by atoms with Crippen LogP contribution in [0.5, 0.6) is 0 Å². The van der Waals surface area contributed by atoms with E-state index in [0.29, 0.717) is 35.8 Å². The molecule has 33 heavy (non-hydrogen) atoms. The predicted octanol–water partition coefficient (Wildman–Crippen LogP) is 1.50. The molecule has 0 aliphatic carbocycles. The maximum atomic E-state index is 12.4. The number of likely N-dealkylation sites (N-methyl/N-ethyl adjacent to an activating group) is 1. The van der Waals surface area contributed by atoms with Gasteiger partial charge in [0.05, 0.1) is 22.7 Å².